The molecule has 1 aliphatic carbocycles. The number of nitrogens with one attached hydrogen (secondary N) is 1. The summed E-state index contributed by atoms with van der Waals surface area (Å²) in [5.74, 6) is 0. The SMILES string of the molecule is N=C1CC=C(S(=O)(=O)[O-])c2cc(S(=O)(=O)[O-])ccc21.[Na+].[Na+]. The standard InChI is InChI=1S/C10H9NO6S2.2Na/c11-9-3-4-10(19(15,16)17)8-5-6(18(12,13)14)1-2-7(8)9;;/h1-2,4-5,11H,3H2,(H,12,13,14)(H,15,16,17);;/q;2*+1/p-2. The molecule has 0 bridgehead atoms. The Morgan fingerprint density at radius 2 is 1.52 bits per heavy atom. The number of allylic oxidation sites excluding steroid dienone is 1. The number of benzene rings is 1. The van der Waals surface area contributed by atoms with Gasteiger partial charge in [-0.3, -0.25) is 0 Å². The van der Waals surface area contributed by atoms with E-state index in [0.29, 0.717) is 0 Å². The smallest absolute Gasteiger partial charge is 0.744 e. The second-order valence-electron chi connectivity index (χ2n) is 3.87. The molecular formula is C10H7NNa2O6S2. The van der Waals surface area contributed by atoms with E-state index in [2.05, 4.69) is 0 Å². The summed E-state index contributed by atoms with van der Waals surface area (Å²) in [6.07, 6.45) is 0.988. The van der Waals surface area contributed by atoms with E-state index < -0.39 is 30.0 Å². The summed E-state index contributed by atoms with van der Waals surface area (Å²) in [4.78, 5) is -1.25. The molecule has 102 valence electrons. The molecule has 0 aromatic heterocycles. The normalized spacial score (nSPS) is 14.4. The van der Waals surface area contributed by atoms with E-state index in [1.807, 2.05) is 0 Å². The number of fused-ring (bicyclic) bond motifs is 1. The minimum absolute atomic E-state index is 0. The third-order valence-electron chi connectivity index (χ3n) is 2.63. The molecule has 0 amide bonds. The molecule has 0 saturated heterocycles. The molecular weight excluding hydrogens is 340 g/mol. The molecule has 0 heterocycles. The molecule has 0 radical (unpaired) electrons. The third kappa shape index (κ3) is 4.71. The second kappa shape index (κ2) is 7.35. The zero-order valence-corrected chi connectivity index (χ0v) is 16.9. The molecule has 7 nitrogen and oxygen atoms in total. The van der Waals surface area contributed by atoms with Crippen LogP contribution in [-0.4, -0.2) is 31.7 Å². The maximum atomic E-state index is 11.1. The van der Waals surface area contributed by atoms with E-state index in [0.717, 1.165) is 24.3 Å². The molecule has 1 N–H and O–H groups in total. The fourth-order valence-corrected chi connectivity index (χ4v) is 3.02. The molecule has 0 saturated carbocycles. The van der Waals surface area contributed by atoms with Crippen molar-refractivity contribution in [2.75, 3.05) is 0 Å². The van der Waals surface area contributed by atoms with Crippen molar-refractivity contribution in [3.8, 4) is 0 Å². The Balaban J connectivity index is 0.00000200. The van der Waals surface area contributed by atoms with Crippen molar-refractivity contribution in [2.24, 2.45) is 0 Å². The summed E-state index contributed by atoms with van der Waals surface area (Å²) in [6.45, 7) is 0. The fourth-order valence-electron chi connectivity index (χ4n) is 1.80. The van der Waals surface area contributed by atoms with Gasteiger partial charge in [0.1, 0.15) is 20.2 Å². The summed E-state index contributed by atoms with van der Waals surface area (Å²) >= 11 is 0. The van der Waals surface area contributed by atoms with E-state index in [1.54, 1.807) is 0 Å². The molecule has 0 fully saturated rings. The van der Waals surface area contributed by atoms with E-state index in [9.17, 15) is 25.9 Å². The average molecular weight is 347 g/mol. The first kappa shape index (κ1) is 21.4. The quantitative estimate of drug-likeness (QED) is 0.418. The van der Waals surface area contributed by atoms with Crippen LogP contribution in [0.5, 0.6) is 0 Å². The molecule has 0 spiro atoms. The first-order chi connectivity index (χ1) is 8.60. The zero-order valence-electron chi connectivity index (χ0n) is 11.3. The minimum Gasteiger partial charge on any atom is -0.744 e. The van der Waals surface area contributed by atoms with Crippen molar-refractivity contribution in [3.05, 3.63) is 35.4 Å². The van der Waals surface area contributed by atoms with Crippen LogP contribution in [0.25, 0.3) is 4.91 Å². The Bertz CT molecular complexity index is 814. The number of rotatable bonds is 2. The van der Waals surface area contributed by atoms with Crippen molar-refractivity contribution in [1.82, 2.24) is 0 Å². The molecule has 1 aromatic carbocycles. The third-order valence-corrected chi connectivity index (χ3v) is 4.39. The maximum Gasteiger partial charge on any atom is 1.00 e. The first-order valence-corrected chi connectivity index (χ1v) is 7.76. The van der Waals surface area contributed by atoms with E-state index in [4.69, 9.17) is 5.41 Å². The molecule has 21 heavy (non-hydrogen) atoms. The Morgan fingerprint density at radius 1 is 0.952 bits per heavy atom. The largest absolute Gasteiger partial charge is 1.00 e. The molecule has 0 unspecified atom stereocenters. The topological polar surface area (TPSA) is 138 Å². The van der Waals surface area contributed by atoms with Crippen molar-refractivity contribution in [1.29, 1.82) is 5.41 Å². The molecule has 0 aliphatic heterocycles. The average Bonchev–Trinajstić information content (AvgIpc) is 2.26. The van der Waals surface area contributed by atoms with Gasteiger partial charge in [0.25, 0.3) is 0 Å². The summed E-state index contributed by atoms with van der Waals surface area (Å²) in [6, 6.07) is 2.95. The van der Waals surface area contributed by atoms with E-state index in [-0.39, 0.29) is 82.4 Å². The van der Waals surface area contributed by atoms with Gasteiger partial charge in [0, 0.05) is 23.3 Å². The predicted molar refractivity (Wildman–Crippen MR) is 63.5 cm³/mol. The van der Waals surface area contributed by atoms with E-state index >= 15 is 0 Å². The van der Waals surface area contributed by atoms with Gasteiger partial charge in [-0.25, -0.2) is 16.8 Å². The zero-order chi connectivity index (χ0) is 14.4. The van der Waals surface area contributed by atoms with Gasteiger partial charge in [-0.15, -0.1) is 0 Å². The Hall–Kier alpha value is 0.450. The van der Waals surface area contributed by atoms with Gasteiger partial charge in [0.15, 0.2) is 0 Å². The van der Waals surface area contributed by atoms with Crippen LogP contribution in [0.1, 0.15) is 17.5 Å². The Kier molecular flexibility index (Phi) is 7.50. The van der Waals surface area contributed by atoms with Crippen LogP contribution in [0.15, 0.2) is 29.2 Å². The minimum atomic E-state index is -4.81. The van der Waals surface area contributed by atoms with E-state index in [1.165, 1.54) is 0 Å². The molecule has 1 aliphatic rings. The van der Waals surface area contributed by atoms with Gasteiger partial charge >= 0.3 is 59.1 Å². The summed E-state index contributed by atoms with van der Waals surface area (Å²) in [5.41, 5.74) is -0.0512. The van der Waals surface area contributed by atoms with Crippen molar-refractivity contribution in [3.63, 3.8) is 0 Å². The summed E-state index contributed by atoms with van der Waals surface area (Å²) < 4.78 is 66.0. The Labute approximate surface area is 166 Å². The molecule has 11 heteroatoms. The maximum absolute atomic E-state index is 11.1. The van der Waals surface area contributed by atoms with Crippen LogP contribution in [0, 0.1) is 5.41 Å². The van der Waals surface area contributed by atoms with Crippen LogP contribution in [-0.2, 0) is 20.2 Å². The van der Waals surface area contributed by atoms with Crippen LogP contribution in [0.2, 0.25) is 0 Å². The van der Waals surface area contributed by atoms with Crippen LogP contribution in [0.4, 0.5) is 0 Å². The van der Waals surface area contributed by atoms with Crippen molar-refractivity contribution < 1.29 is 85.1 Å². The van der Waals surface area contributed by atoms with Crippen molar-refractivity contribution >= 4 is 30.9 Å². The van der Waals surface area contributed by atoms with Gasteiger partial charge in [-0.2, -0.15) is 0 Å². The van der Waals surface area contributed by atoms with Crippen molar-refractivity contribution in [2.45, 2.75) is 11.3 Å². The molecule has 0 atom stereocenters. The molecule has 1 aromatic rings. The van der Waals surface area contributed by atoms with Crippen LogP contribution >= 0.6 is 0 Å². The fraction of sp³-hybridized carbons (Fsp3) is 0.100. The van der Waals surface area contributed by atoms with Gasteiger partial charge in [0.05, 0.1) is 9.80 Å². The summed E-state index contributed by atoms with van der Waals surface area (Å²) in [5, 5.41) is 7.62. The number of hydrogen-bond donors (Lipinski definition) is 1. The van der Waals surface area contributed by atoms with Gasteiger partial charge in [0.2, 0.25) is 0 Å². The predicted octanol–water partition coefficient (Wildman–Crippen LogP) is -5.74. The van der Waals surface area contributed by atoms with Gasteiger partial charge < -0.3 is 14.5 Å². The van der Waals surface area contributed by atoms with Crippen LogP contribution in [0.3, 0.4) is 0 Å². The summed E-state index contributed by atoms with van der Waals surface area (Å²) in [7, 11) is -9.57. The monoisotopic (exact) mass is 347 g/mol. The van der Waals surface area contributed by atoms with Crippen LogP contribution < -0.4 is 59.1 Å². The molecule has 2 rings (SSSR count). The first-order valence-electron chi connectivity index (χ1n) is 4.95. The van der Waals surface area contributed by atoms with Gasteiger partial charge in [-0.05, 0) is 12.1 Å². The van der Waals surface area contributed by atoms with Gasteiger partial charge in [-0.1, -0.05) is 12.1 Å². The second-order valence-corrected chi connectivity index (χ2v) is 6.59. The number of hydrogen-bond acceptors (Lipinski definition) is 7. The Morgan fingerprint density at radius 3 is 2.00 bits per heavy atom.